The molecule has 1 amide bonds. The minimum atomic E-state index is -0.223. The molecule has 8 heteroatoms. The van der Waals surface area contributed by atoms with E-state index in [0.717, 1.165) is 24.5 Å². The number of carbonyl (C=O) groups excluding carboxylic acids is 1. The van der Waals surface area contributed by atoms with Crippen LogP contribution in [0.4, 0.5) is 5.69 Å². The second-order valence-electron chi connectivity index (χ2n) is 6.30. The quantitative estimate of drug-likeness (QED) is 0.288. The van der Waals surface area contributed by atoms with Gasteiger partial charge in [0.2, 0.25) is 0 Å². The minimum absolute atomic E-state index is 0.223. The van der Waals surface area contributed by atoms with E-state index in [-0.39, 0.29) is 5.91 Å². The third kappa shape index (κ3) is 7.63. The summed E-state index contributed by atoms with van der Waals surface area (Å²) >= 11 is 13.7. The van der Waals surface area contributed by atoms with Gasteiger partial charge < -0.3 is 20.7 Å². The number of likely N-dealkylation sites (N-methyl/N-ethyl adjacent to an activating group) is 1. The van der Waals surface area contributed by atoms with Gasteiger partial charge in [-0.25, -0.2) is 0 Å². The smallest absolute Gasteiger partial charge is 0.255 e. The van der Waals surface area contributed by atoms with Gasteiger partial charge in [-0.1, -0.05) is 37.0 Å². The fourth-order valence-corrected chi connectivity index (χ4v) is 3.69. The van der Waals surface area contributed by atoms with E-state index >= 15 is 0 Å². The monoisotopic (exact) mass is 455 g/mol. The van der Waals surface area contributed by atoms with E-state index in [2.05, 4.69) is 24.1 Å². The maximum absolute atomic E-state index is 12.6. The van der Waals surface area contributed by atoms with Crippen molar-refractivity contribution >= 4 is 46.6 Å². The number of hydrogen-bond acceptors (Lipinski definition) is 5. The first-order valence-corrected chi connectivity index (χ1v) is 11.3. The van der Waals surface area contributed by atoms with Gasteiger partial charge in [0.05, 0.1) is 22.9 Å². The SMILES string of the molecule is CCN(CC)CCNC(=O)c1cc(Cl)c(N)cc1OCCSc1ccc(Cl)cc1. The largest absolute Gasteiger partial charge is 0.492 e. The minimum Gasteiger partial charge on any atom is -0.492 e. The molecule has 158 valence electrons. The highest BCUT2D eigenvalue weighted by Crippen LogP contribution is 2.29. The number of hydrogen-bond donors (Lipinski definition) is 2. The molecule has 0 fully saturated rings. The molecule has 2 aromatic carbocycles. The van der Waals surface area contributed by atoms with Crippen molar-refractivity contribution in [3.8, 4) is 5.75 Å². The van der Waals surface area contributed by atoms with Gasteiger partial charge in [-0.05, 0) is 43.4 Å². The summed E-state index contributed by atoms with van der Waals surface area (Å²) in [5.74, 6) is 0.927. The molecule has 0 heterocycles. The van der Waals surface area contributed by atoms with Crippen LogP contribution in [0.5, 0.6) is 5.75 Å². The standard InChI is InChI=1S/C21H27Cl2N3O2S/c1-3-26(4-2)10-9-25-21(27)17-13-18(23)19(24)14-20(17)28-11-12-29-16-7-5-15(22)6-8-16/h5-8,13-14H,3-4,9-12,24H2,1-2H3,(H,25,27). The highest BCUT2D eigenvalue weighted by Gasteiger charge is 2.16. The van der Waals surface area contributed by atoms with E-state index in [1.807, 2.05) is 24.3 Å². The summed E-state index contributed by atoms with van der Waals surface area (Å²) in [6, 6.07) is 10.8. The molecule has 29 heavy (non-hydrogen) atoms. The Balaban J connectivity index is 1.94. The van der Waals surface area contributed by atoms with Crippen molar-refractivity contribution in [2.75, 3.05) is 44.3 Å². The van der Waals surface area contributed by atoms with Crippen molar-refractivity contribution < 1.29 is 9.53 Å². The normalized spacial score (nSPS) is 10.9. The summed E-state index contributed by atoms with van der Waals surface area (Å²) in [5, 5.41) is 3.97. The van der Waals surface area contributed by atoms with E-state index in [9.17, 15) is 4.79 Å². The number of amides is 1. The van der Waals surface area contributed by atoms with Gasteiger partial charge in [0, 0.05) is 34.8 Å². The zero-order valence-electron chi connectivity index (χ0n) is 16.7. The zero-order chi connectivity index (χ0) is 21.2. The lowest BCUT2D eigenvalue weighted by Crippen LogP contribution is -2.35. The van der Waals surface area contributed by atoms with E-state index in [1.54, 1.807) is 23.9 Å². The molecule has 0 aliphatic carbocycles. The molecule has 2 aromatic rings. The Morgan fingerprint density at radius 1 is 1.17 bits per heavy atom. The summed E-state index contributed by atoms with van der Waals surface area (Å²) in [6.07, 6.45) is 0. The lowest BCUT2D eigenvalue weighted by Gasteiger charge is -2.18. The van der Waals surface area contributed by atoms with Gasteiger partial charge in [0.15, 0.2) is 0 Å². The van der Waals surface area contributed by atoms with Crippen LogP contribution in [0.2, 0.25) is 10.0 Å². The van der Waals surface area contributed by atoms with Crippen molar-refractivity contribution in [2.24, 2.45) is 0 Å². The summed E-state index contributed by atoms with van der Waals surface area (Å²) in [7, 11) is 0. The van der Waals surface area contributed by atoms with Crippen LogP contribution in [0.25, 0.3) is 0 Å². The lowest BCUT2D eigenvalue weighted by molar-refractivity contribution is 0.0945. The molecule has 3 N–H and O–H groups in total. The number of thioether (sulfide) groups is 1. The number of nitrogens with two attached hydrogens (primary N) is 1. The molecule has 5 nitrogen and oxygen atoms in total. The fourth-order valence-electron chi connectivity index (χ4n) is 2.67. The summed E-state index contributed by atoms with van der Waals surface area (Å²) in [4.78, 5) is 16.0. The van der Waals surface area contributed by atoms with Crippen LogP contribution < -0.4 is 15.8 Å². The molecule has 0 aliphatic heterocycles. The first kappa shape index (κ1) is 23.7. The Labute approximate surface area is 186 Å². The van der Waals surface area contributed by atoms with Crippen molar-refractivity contribution in [3.05, 3.63) is 52.0 Å². The highest BCUT2D eigenvalue weighted by molar-refractivity contribution is 7.99. The fraction of sp³-hybridized carbons (Fsp3) is 0.381. The van der Waals surface area contributed by atoms with Crippen molar-refractivity contribution in [1.29, 1.82) is 0 Å². The van der Waals surface area contributed by atoms with Crippen molar-refractivity contribution in [2.45, 2.75) is 18.7 Å². The number of anilines is 1. The van der Waals surface area contributed by atoms with Gasteiger partial charge in [-0.3, -0.25) is 4.79 Å². The predicted molar refractivity (Wildman–Crippen MR) is 124 cm³/mol. The van der Waals surface area contributed by atoms with Crippen LogP contribution in [0.3, 0.4) is 0 Å². The molecule has 0 saturated carbocycles. The number of nitrogen functional groups attached to an aromatic ring is 1. The molecule has 0 aliphatic rings. The Hall–Kier alpha value is -1.60. The Kier molecular flexibility index (Phi) is 9.94. The van der Waals surface area contributed by atoms with Gasteiger partial charge in [0.1, 0.15) is 5.75 Å². The average molecular weight is 456 g/mol. The van der Waals surface area contributed by atoms with E-state index < -0.39 is 0 Å². The molecular formula is C21H27Cl2N3O2S. The van der Waals surface area contributed by atoms with Gasteiger partial charge >= 0.3 is 0 Å². The lowest BCUT2D eigenvalue weighted by atomic mass is 10.1. The predicted octanol–water partition coefficient (Wildman–Crippen LogP) is 4.82. The van der Waals surface area contributed by atoms with E-state index in [1.165, 1.54) is 0 Å². The number of carbonyl (C=O) groups is 1. The number of benzene rings is 2. The van der Waals surface area contributed by atoms with E-state index in [4.69, 9.17) is 33.7 Å². The third-order valence-electron chi connectivity index (χ3n) is 4.37. The second-order valence-corrected chi connectivity index (χ2v) is 8.32. The third-order valence-corrected chi connectivity index (χ3v) is 5.93. The number of halogens is 2. The van der Waals surface area contributed by atoms with Crippen LogP contribution in [-0.2, 0) is 0 Å². The van der Waals surface area contributed by atoms with Crippen molar-refractivity contribution in [3.63, 3.8) is 0 Å². The first-order valence-electron chi connectivity index (χ1n) is 9.55. The molecular weight excluding hydrogens is 429 g/mol. The Morgan fingerprint density at radius 2 is 1.86 bits per heavy atom. The van der Waals surface area contributed by atoms with Crippen molar-refractivity contribution in [1.82, 2.24) is 10.2 Å². The van der Waals surface area contributed by atoms with Gasteiger partial charge in [-0.2, -0.15) is 0 Å². The first-order chi connectivity index (χ1) is 13.9. The van der Waals surface area contributed by atoms with Gasteiger partial charge in [-0.15, -0.1) is 11.8 Å². The van der Waals surface area contributed by atoms with Crippen LogP contribution in [-0.4, -0.2) is 49.3 Å². The molecule has 0 bridgehead atoms. The maximum Gasteiger partial charge on any atom is 0.255 e. The van der Waals surface area contributed by atoms with Crippen LogP contribution in [0.1, 0.15) is 24.2 Å². The molecule has 0 spiro atoms. The van der Waals surface area contributed by atoms with E-state index in [0.29, 0.717) is 46.0 Å². The zero-order valence-corrected chi connectivity index (χ0v) is 19.0. The molecule has 2 rings (SSSR count). The number of ether oxygens (including phenoxy) is 1. The summed E-state index contributed by atoms with van der Waals surface area (Å²) in [6.45, 7) is 7.84. The van der Waals surface area contributed by atoms with Crippen LogP contribution in [0.15, 0.2) is 41.3 Å². The second kappa shape index (κ2) is 12.2. The van der Waals surface area contributed by atoms with Crippen LogP contribution in [0, 0.1) is 0 Å². The molecule has 0 atom stereocenters. The average Bonchev–Trinajstić information content (AvgIpc) is 2.72. The molecule has 0 radical (unpaired) electrons. The Bertz CT molecular complexity index is 799. The molecule has 0 saturated heterocycles. The Morgan fingerprint density at radius 3 is 2.52 bits per heavy atom. The number of rotatable bonds is 11. The summed E-state index contributed by atoms with van der Waals surface area (Å²) < 4.78 is 5.85. The molecule has 0 aromatic heterocycles. The summed E-state index contributed by atoms with van der Waals surface area (Å²) in [5.41, 5.74) is 6.68. The maximum atomic E-state index is 12.6. The number of nitrogens with zero attached hydrogens (tertiary/aromatic N) is 1. The topological polar surface area (TPSA) is 67.6 Å². The molecule has 0 unspecified atom stereocenters. The highest BCUT2D eigenvalue weighted by atomic mass is 35.5. The van der Waals surface area contributed by atoms with Gasteiger partial charge in [0.25, 0.3) is 5.91 Å². The number of nitrogens with one attached hydrogen (secondary N) is 1. The van der Waals surface area contributed by atoms with Crippen LogP contribution >= 0.6 is 35.0 Å².